The van der Waals surface area contributed by atoms with Gasteiger partial charge in [0, 0.05) is 12.1 Å². The third kappa shape index (κ3) is 3.92. The fourth-order valence-corrected chi connectivity index (χ4v) is 1.42. The van der Waals surface area contributed by atoms with Crippen LogP contribution in [0.4, 0.5) is 0 Å². The Labute approximate surface area is 92.6 Å². The first-order valence-electron chi connectivity index (χ1n) is 5.31. The van der Waals surface area contributed by atoms with Crippen molar-refractivity contribution in [2.24, 2.45) is 0 Å². The number of rotatable bonds is 3. The van der Waals surface area contributed by atoms with Crippen molar-refractivity contribution in [2.75, 3.05) is 7.11 Å². The van der Waals surface area contributed by atoms with Gasteiger partial charge < -0.3 is 10.1 Å². The van der Waals surface area contributed by atoms with Gasteiger partial charge in [-0.25, -0.2) is 0 Å². The van der Waals surface area contributed by atoms with Crippen LogP contribution >= 0.6 is 0 Å². The van der Waals surface area contributed by atoms with Gasteiger partial charge in [0.25, 0.3) is 0 Å². The van der Waals surface area contributed by atoms with Crippen molar-refractivity contribution in [2.45, 2.75) is 39.8 Å². The molecule has 0 atom stereocenters. The number of hydrogen-bond acceptors (Lipinski definition) is 2. The minimum atomic E-state index is 0.161. The monoisotopic (exact) mass is 207 g/mol. The molecule has 0 aliphatic heterocycles. The van der Waals surface area contributed by atoms with E-state index in [9.17, 15) is 0 Å². The highest BCUT2D eigenvalue weighted by Gasteiger charge is 2.08. The Hall–Kier alpha value is -1.02. The first-order valence-corrected chi connectivity index (χ1v) is 5.31. The first kappa shape index (κ1) is 12.1. The van der Waals surface area contributed by atoms with Crippen LogP contribution in [0.5, 0.6) is 5.75 Å². The van der Waals surface area contributed by atoms with E-state index in [1.165, 1.54) is 11.1 Å². The molecule has 0 aliphatic rings. The summed E-state index contributed by atoms with van der Waals surface area (Å²) in [6.45, 7) is 9.48. The molecule has 2 nitrogen and oxygen atoms in total. The lowest BCUT2D eigenvalue weighted by atomic mass is 10.1. The Morgan fingerprint density at radius 3 is 2.40 bits per heavy atom. The molecule has 0 heterocycles. The molecule has 0 amide bonds. The number of ether oxygens (including phenoxy) is 1. The molecule has 0 saturated heterocycles. The quantitative estimate of drug-likeness (QED) is 0.823. The summed E-state index contributed by atoms with van der Waals surface area (Å²) >= 11 is 0. The average Bonchev–Trinajstić information content (AvgIpc) is 2.14. The van der Waals surface area contributed by atoms with Gasteiger partial charge in [-0.05, 0) is 44.9 Å². The second-order valence-electron chi connectivity index (χ2n) is 4.91. The molecule has 0 aromatic heterocycles. The molecular weight excluding hydrogens is 186 g/mol. The highest BCUT2D eigenvalue weighted by molar-refractivity contribution is 5.36. The largest absolute Gasteiger partial charge is 0.496 e. The number of aryl methyl sites for hydroxylation is 1. The lowest BCUT2D eigenvalue weighted by Crippen LogP contribution is -2.35. The maximum Gasteiger partial charge on any atom is 0.121 e. The number of hydrogen-bond donors (Lipinski definition) is 1. The summed E-state index contributed by atoms with van der Waals surface area (Å²) in [6, 6.07) is 6.29. The van der Waals surface area contributed by atoms with E-state index in [0.717, 1.165) is 12.3 Å². The predicted molar refractivity (Wildman–Crippen MR) is 64.3 cm³/mol. The molecule has 1 aromatic rings. The topological polar surface area (TPSA) is 21.3 Å². The van der Waals surface area contributed by atoms with E-state index in [0.29, 0.717) is 0 Å². The second kappa shape index (κ2) is 4.67. The van der Waals surface area contributed by atoms with Crippen LogP contribution in [0.1, 0.15) is 31.9 Å². The Bertz CT molecular complexity index is 326. The van der Waals surface area contributed by atoms with Gasteiger partial charge in [0.2, 0.25) is 0 Å². The van der Waals surface area contributed by atoms with E-state index in [1.54, 1.807) is 7.11 Å². The van der Waals surface area contributed by atoms with Gasteiger partial charge in [-0.15, -0.1) is 0 Å². The zero-order valence-electron chi connectivity index (χ0n) is 10.3. The molecule has 1 N–H and O–H groups in total. The SMILES string of the molecule is COc1ccc(CNC(C)(C)C)cc1C. The minimum absolute atomic E-state index is 0.161. The molecule has 0 unspecified atom stereocenters. The highest BCUT2D eigenvalue weighted by atomic mass is 16.5. The van der Waals surface area contributed by atoms with Crippen LogP contribution in [0.25, 0.3) is 0 Å². The Kier molecular flexibility index (Phi) is 3.75. The normalized spacial score (nSPS) is 11.5. The first-order chi connectivity index (χ1) is 6.92. The molecule has 0 radical (unpaired) electrons. The predicted octanol–water partition coefficient (Wildman–Crippen LogP) is 2.89. The molecule has 2 heteroatoms. The maximum absolute atomic E-state index is 5.22. The summed E-state index contributed by atoms with van der Waals surface area (Å²) in [4.78, 5) is 0. The molecule has 1 rings (SSSR count). The van der Waals surface area contributed by atoms with E-state index >= 15 is 0 Å². The molecule has 0 spiro atoms. The Morgan fingerprint density at radius 1 is 1.27 bits per heavy atom. The molecule has 1 aromatic carbocycles. The molecule has 0 bridgehead atoms. The molecule has 0 fully saturated rings. The van der Waals surface area contributed by atoms with Crippen LogP contribution in [0, 0.1) is 6.92 Å². The van der Waals surface area contributed by atoms with Crippen molar-refractivity contribution in [1.29, 1.82) is 0 Å². The third-order valence-electron chi connectivity index (χ3n) is 2.28. The fourth-order valence-electron chi connectivity index (χ4n) is 1.42. The van der Waals surface area contributed by atoms with Gasteiger partial charge in [-0.1, -0.05) is 12.1 Å². The van der Waals surface area contributed by atoms with E-state index in [2.05, 4.69) is 45.1 Å². The summed E-state index contributed by atoms with van der Waals surface area (Å²) in [6.07, 6.45) is 0. The average molecular weight is 207 g/mol. The van der Waals surface area contributed by atoms with Crippen molar-refractivity contribution < 1.29 is 4.74 Å². The van der Waals surface area contributed by atoms with Crippen molar-refractivity contribution in [3.8, 4) is 5.75 Å². The van der Waals surface area contributed by atoms with Crippen molar-refractivity contribution >= 4 is 0 Å². The third-order valence-corrected chi connectivity index (χ3v) is 2.28. The summed E-state index contributed by atoms with van der Waals surface area (Å²) in [5.41, 5.74) is 2.64. The van der Waals surface area contributed by atoms with Crippen LogP contribution in [0.15, 0.2) is 18.2 Å². The zero-order valence-corrected chi connectivity index (χ0v) is 10.3. The van der Waals surface area contributed by atoms with Crippen molar-refractivity contribution in [3.05, 3.63) is 29.3 Å². The van der Waals surface area contributed by atoms with Gasteiger partial charge in [0.15, 0.2) is 0 Å². The Balaban J connectivity index is 2.68. The second-order valence-corrected chi connectivity index (χ2v) is 4.91. The number of nitrogens with one attached hydrogen (secondary N) is 1. The summed E-state index contributed by atoms with van der Waals surface area (Å²) in [7, 11) is 1.70. The fraction of sp³-hybridized carbons (Fsp3) is 0.538. The lowest BCUT2D eigenvalue weighted by Gasteiger charge is -2.20. The van der Waals surface area contributed by atoms with Crippen molar-refractivity contribution in [1.82, 2.24) is 5.32 Å². The van der Waals surface area contributed by atoms with Crippen LogP contribution in [-0.4, -0.2) is 12.6 Å². The summed E-state index contributed by atoms with van der Waals surface area (Å²) < 4.78 is 5.22. The van der Waals surface area contributed by atoms with E-state index in [1.807, 2.05) is 6.07 Å². The van der Waals surface area contributed by atoms with E-state index in [4.69, 9.17) is 4.74 Å². The molecule has 0 saturated carbocycles. The molecule has 0 aliphatic carbocycles. The van der Waals surface area contributed by atoms with Crippen LogP contribution < -0.4 is 10.1 Å². The highest BCUT2D eigenvalue weighted by Crippen LogP contribution is 2.18. The molecule has 15 heavy (non-hydrogen) atoms. The standard InChI is InChI=1S/C13H21NO/c1-10-8-11(6-7-12(10)15-5)9-14-13(2,3)4/h6-8,14H,9H2,1-5H3. The van der Waals surface area contributed by atoms with E-state index < -0.39 is 0 Å². The van der Waals surface area contributed by atoms with Crippen LogP contribution in [0.3, 0.4) is 0 Å². The zero-order chi connectivity index (χ0) is 11.5. The van der Waals surface area contributed by atoms with Gasteiger partial charge in [-0.3, -0.25) is 0 Å². The Morgan fingerprint density at radius 2 is 1.93 bits per heavy atom. The van der Waals surface area contributed by atoms with E-state index in [-0.39, 0.29) is 5.54 Å². The molecule has 84 valence electrons. The minimum Gasteiger partial charge on any atom is -0.496 e. The lowest BCUT2D eigenvalue weighted by molar-refractivity contribution is 0.410. The smallest absolute Gasteiger partial charge is 0.121 e. The number of methoxy groups -OCH3 is 1. The number of benzene rings is 1. The van der Waals surface area contributed by atoms with Gasteiger partial charge in [-0.2, -0.15) is 0 Å². The van der Waals surface area contributed by atoms with Crippen LogP contribution in [0.2, 0.25) is 0 Å². The van der Waals surface area contributed by atoms with Gasteiger partial charge in [0.1, 0.15) is 5.75 Å². The van der Waals surface area contributed by atoms with Crippen molar-refractivity contribution in [3.63, 3.8) is 0 Å². The van der Waals surface area contributed by atoms with Crippen LogP contribution in [-0.2, 0) is 6.54 Å². The molecular formula is C13H21NO. The maximum atomic E-state index is 5.22. The van der Waals surface area contributed by atoms with Gasteiger partial charge in [0.05, 0.1) is 7.11 Å². The van der Waals surface area contributed by atoms with Gasteiger partial charge >= 0.3 is 0 Å². The summed E-state index contributed by atoms with van der Waals surface area (Å²) in [5.74, 6) is 0.953. The summed E-state index contributed by atoms with van der Waals surface area (Å²) in [5, 5.41) is 3.46.